The van der Waals surface area contributed by atoms with Crippen LogP contribution in [0, 0.1) is 26.7 Å². The largest absolute Gasteiger partial charge is 0.480 e. The maximum Gasteiger partial charge on any atom is 0.339 e. The van der Waals surface area contributed by atoms with E-state index < -0.39 is 11.7 Å². The predicted octanol–water partition coefficient (Wildman–Crippen LogP) is 3.64. The molecule has 3 atom stereocenters. The molecule has 1 aromatic carbocycles. The summed E-state index contributed by atoms with van der Waals surface area (Å²) in [7, 11) is 0. The fraction of sp³-hybridized carbons (Fsp3) is 0.583. The zero-order chi connectivity index (χ0) is 21.6. The van der Waals surface area contributed by atoms with Crippen LogP contribution >= 0.6 is 0 Å². The summed E-state index contributed by atoms with van der Waals surface area (Å²) < 4.78 is 11.6. The highest BCUT2D eigenvalue weighted by molar-refractivity contribution is 5.89. The second kappa shape index (κ2) is 7.73. The number of carbonyl (C=O) groups excluding carboxylic acids is 1. The number of amides is 1. The van der Waals surface area contributed by atoms with Crippen molar-refractivity contribution in [3.8, 4) is 5.75 Å². The first-order valence-electron chi connectivity index (χ1n) is 10.9. The van der Waals surface area contributed by atoms with Crippen LogP contribution in [0.25, 0.3) is 11.0 Å². The summed E-state index contributed by atoms with van der Waals surface area (Å²) in [5.74, 6) is 0.639. The molecule has 1 amide bonds. The molecule has 1 N–H and O–H groups in total. The Labute approximate surface area is 176 Å². The quantitative estimate of drug-likeness (QED) is 0.777. The Kier molecular flexibility index (Phi) is 5.39. The van der Waals surface area contributed by atoms with E-state index in [1.165, 1.54) is 0 Å². The Morgan fingerprint density at radius 2 is 2.00 bits per heavy atom. The van der Waals surface area contributed by atoms with Crippen LogP contribution in [-0.4, -0.2) is 40.7 Å². The zero-order valence-corrected chi connectivity index (χ0v) is 18.3. The van der Waals surface area contributed by atoms with E-state index in [0.29, 0.717) is 36.4 Å². The van der Waals surface area contributed by atoms with Crippen molar-refractivity contribution in [3.63, 3.8) is 0 Å². The van der Waals surface area contributed by atoms with Crippen LogP contribution in [0.3, 0.4) is 0 Å². The predicted molar refractivity (Wildman–Crippen MR) is 115 cm³/mol. The van der Waals surface area contributed by atoms with E-state index in [-0.39, 0.29) is 17.5 Å². The summed E-state index contributed by atoms with van der Waals surface area (Å²) in [4.78, 5) is 27.1. The number of aliphatic hydroxyl groups is 1. The maximum atomic E-state index is 13.2. The molecule has 1 aliphatic heterocycles. The lowest BCUT2D eigenvalue weighted by Crippen LogP contribution is -2.56. The fourth-order valence-corrected chi connectivity index (χ4v) is 5.05. The lowest BCUT2D eigenvalue weighted by molar-refractivity contribution is -0.149. The van der Waals surface area contributed by atoms with Gasteiger partial charge in [-0.3, -0.25) is 4.79 Å². The molecule has 162 valence electrons. The van der Waals surface area contributed by atoms with Crippen molar-refractivity contribution in [2.45, 2.75) is 71.5 Å². The Bertz CT molecular complexity index is 1040. The molecule has 1 saturated heterocycles. The molecular weight excluding hydrogens is 382 g/mol. The molecule has 0 radical (unpaired) electrons. The van der Waals surface area contributed by atoms with E-state index in [1.807, 2.05) is 30.9 Å². The van der Waals surface area contributed by atoms with Crippen LogP contribution in [0.1, 0.15) is 55.7 Å². The van der Waals surface area contributed by atoms with Crippen LogP contribution in [0.4, 0.5) is 0 Å². The van der Waals surface area contributed by atoms with Crippen molar-refractivity contribution >= 4 is 16.9 Å². The van der Waals surface area contributed by atoms with Crippen molar-refractivity contribution in [2.75, 3.05) is 13.1 Å². The molecule has 6 nitrogen and oxygen atoms in total. The number of nitrogens with zero attached hydrogens (tertiary/aromatic N) is 1. The molecule has 0 unspecified atom stereocenters. The standard InChI is InChI=1S/C24H31NO5/c1-14-11-19(21-15(2)16(3)23(27)30-20(21)12-14)29-17(4)22(26)25-10-9-24(28)8-6-5-7-18(24)13-25/h11-12,17-18,28H,5-10,13H2,1-4H3/t17-,18-,24-/m1/s1. The average molecular weight is 414 g/mol. The van der Waals surface area contributed by atoms with Crippen LogP contribution in [0.15, 0.2) is 21.3 Å². The Morgan fingerprint density at radius 1 is 1.23 bits per heavy atom. The van der Waals surface area contributed by atoms with Gasteiger partial charge in [0.25, 0.3) is 5.91 Å². The molecular formula is C24H31NO5. The number of carbonyl (C=O) groups is 1. The highest BCUT2D eigenvalue weighted by Crippen LogP contribution is 2.40. The van der Waals surface area contributed by atoms with Crippen LogP contribution < -0.4 is 10.4 Å². The summed E-state index contributed by atoms with van der Waals surface area (Å²) in [6.45, 7) is 8.42. The van der Waals surface area contributed by atoms with Gasteiger partial charge in [-0.1, -0.05) is 12.8 Å². The smallest absolute Gasteiger partial charge is 0.339 e. The lowest BCUT2D eigenvalue weighted by Gasteiger charge is -2.47. The second-order valence-electron chi connectivity index (χ2n) is 9.12. The molecule has 6 heteroatoms. The Morgan fingerprint density at radius 3 is 2.77 bits per heavy atom. The van der Waals surface area contributed by atoms with Gasteiger partial charge in [0.05, 0.1) is 11.0 Å². The zero-order valence-electron chi connectivity index (χ0n) is 18.3. The summed E-state index contributed by atoms with van der Waals surface area (Å²) in [5, 5.41) is 11.6. The summed E-state index contributed by atoms with van der Waals surface area (Å²) in [6, 6.07) is 3.70. The number of benzene rings is 1. The summed E-state index contributed by atoms with van der Waals surface area (Å²) >= 11 is 0. The molecule has 2 aromatic rings. The van der Waals surface area contributed by atoms with Gasteiger partial charge in [0.15, 0.2) is 6.10 Å². The minimum absolute atomic E-state index is 0.0657. The molecule has 30 heavy (non-hydrogen) atoms. The molecule has 2 heterocycles. The van der Waals surface area contributed by atoms with Gasteiger partial charge >= 0.3 is 5.63 Å². The number of hydrogen-bond donors (Lipinski definition) is 1. The maximum absolute atomic E-state index is 13.2. The third kappa shape index (κ3) is 3.62. The van der Waals surface area contributed by atoms with E-state index >= 15 is 0 Å². The number of fused-ring (bicyclic) bond motifs is 2. The first kappa shape index (κ1) is 20.9. The van der Waals surface area contributed by atoms with Gasteiger partial charge in [-0.15, -0.1) is 0 Å². The van der Waals surface area contributed by atoms with Gasteiger partial charge in [-0.05, 0) is 70.2 Å². The van der Waals surface area contributed by atoms with Crippen LogP contribution in [0.2, 0.25) is 0 Å². The van der Waals surface area contributed by atoms with E-state index in [0.717, 1.165) is 42.2 Å². The minimum atomic E-state index is -0.670. The van der Waals surface area contributed by atoms with Gasteiger partial charge < -0.3 is 19.2 Å². The first-order valence-corrected chi connectivity index (χ1v) is 10.9. The first-order chi connectivity index (χ1) is 14.2. The Hall–Kier alpha value is -2.34. The number of hydrogen-bond acceptors (Lipinski definition) is 5. The van der Waals surface area contributed by atoms with Crippen molar-refractivity contribution in [3.05, 3.63) is 39.2 Å². The molecule has 4 rings (SSSR count). The third-order valence-electron chi connectivity index (χ3n) is 7.05. The van der Waals surface area contributed by atoms with Gasteiger partial charge in [0.1, 0.15) is 11.3 Å². The topological polar surface area (TPSA) is 80.0 Å². The van der Waals surface area contributed by atoms with Crippen molar-refractivity contribution in [1.82, 2.24) is 4.90 Å². The van der Waals surface area contributed by atoms with Crippen LogP contribution in [0.5, 0.6) is 5.75 Å². The molecule has 1 aromatic heterocycles. The van der Waals surface area contributed by atoms with Gasteiger partial charge in [0, 0.05) is 24.6 Å². The summed E-state index contributed by atoms with van der Waals surface area (Å²) in [5.41, 5.74) is 1.76. The minimum Gasteiger partial charge on any atom is -0.480 e. The van der Waals surface area contributed by atoms with E-state index in [2.05, 4.69) is 0 Å². The van der Waals surface area contributed by atoms with Crippen LogP contribution in [-0.2, 0) is 4.79 Å². The number of rotatable bonds is 3. The van der Waals surface area contributed by atoms with Crippen molar-refractivity contribution in [1.29, 1.82) is 0 Å². The number of ether oxygens (including phenoxy) is 1. The number of aryl methyl sites for hydroxylation is 2. The SMILES string of the molecule is Cc1cc(O[C@H](C)C(=O)N2CC[C@]3(O)CCCC[C@@H]3C2)c2c(C)c(C)c(=O)oc2c1. The van der Waals surface area contributed by atoms with Crippen molar-refractivity contribution in [2.24, 2.45) is 5.92 Å². The molecule has 0 bridgehead atoms. The van der Waals surface area contributed by atoms with Gasteiger partial charge in [-0.2, -0.15) is 0 Å². The molecule has 1 saturated carbocycles. The molecule has 2 fully saturated rings. The fourth-order valence-electron chi connectivity index (χ4n) is 5.05. The van der Waals surface area contributed by atoms with E-state index in [4.69, 9.17) is 9.15 Å². The van der Waals surface area contributed by atoms with E-state index in [1.54, 1.807) is 13.8 Å². The third-order valence-corrected chi connectivity index (χ3v) is 7.05. The monoisotopic (exact) mass is 413 g/mol. The second-order valence-corrected chi connectivity index (χ2v) is 9.12. The molecule has 0 spiro atoms. The van der Waals surface area contributed by atoms with Gasteiger partial charge in [-0.25, -0.2) is 4.79 Å². The number of likely N-dealkylation sites (tertiary alicyclic amines) is 1. The lowest BCUT2D eigenvalue weighted by atomic mass is 9.71. The number of piperidine rings is 1. The average Bonchev–Trinajstić information content (AvgIpc) is 2.70. The molecule has 1 aliphatic carbocycles. The molecule has 2 aliphatic rings. The highest BCUT2D eigenvalue weighted by atomic mass is 16.5. The van der Waals surface area contributed by atoms with Gasteiger partial charge in [0.2, 0.25) is 0 Å². The Balaban J connectivity index is 1.57. The highest BCUT2D eigenvalue weighted by Gasteiger charge is 2.44. The van der Waals surface area contributed by atoms with Crippen molar-refractivity contribution < 1.29 is 19.1 Å². The van der Waals surface area contributed by atoms with E-state index in [9.17, 15) is 14.7 Å². The summed E-state index contributed by atoms with van der Waals surface area (Å²) in [6.07, 6.45) is 3.94. The normalized spacial score (nSPS) is 25.1.